The van der Waals surface area contributed by atoms with Crippen LogP contribution in [0.15, 0.2) is 48.5 Å². The van der Waals surface area contributed by atoms with Crippen LogP contribution >= 0.6 is 0 Å². The molecule has 0 radical (unpaired) electrons. The fourth-order valence-corrected chi connectivity index (χ4v) is 2.72. The van der Waals surface area contributed by atoms with Crippen molar-refractivity contribution in [1.82, 2.24) is 4.90 Å². The fourth-order valence-electron chi connectivity index (χ4n) is 2.72. The first kappa shape index (κ1) is 17.0. The number of para-hydroxylation sites is 1. The first-order chi connectivity index (χ1) is 12.1. The lowest BCUT2D eigenvalue weighted by Gasteiger charge is -2.20. The molecular formula is C19H20N2O4. The molecule has 25 heavy (non-hydrogen) atoms. The summed E-state index contributed by atoms with van der Waals surface area (Å²) in [5.41, 5.74) is 1.86. The number of likely N-dealkylation sites (N-methyl/N-ethyl adjacent to an activating group) is 1. The second-order valence-electron chi connectivity index (χ2n) is 5.89. The summed E-state index contributed by atoms with van der Waals surface area (Å²) in [6.45, 7) is 2.59. The third-order valence-corrected chi connectivity index (χ3v) is 3.91. The van der Waals surface area contributed by atoms with Crippen molar-refractivity contribution in [3.8, 4) is 11.5 Å². The van der Waals surface area contributed by atoms with E-state index in [0.717, 1.165) is 23.6 Å². The predicted molar refractivity (Wildman–Crippen MR) is 95.9 cm³/mol. The Labute approximate surface area is 146 Å². The minimum atomic E-state index is -0.363. The topological polar surface area (TPSA) is 64.8 Å². The van der Waals surface area contributed by atoms with Crippen molar-refractivity contribution in [3.63, 3.8) is 0 Å². The van der Waals surface area contributed by atoms with Crippen LogP contribution in [0.25, 0.3) is 6.08 Å². The first-order valence-electron chi connectivity index (χ1n) is 8.10. The van der Waals surface area contributed by atoms with Gasteiger partial charge in [0.25, 0.3) is 5.69 Å². The van der Waals surface area contributed by atoms with E-state index in [9.17, 15) is 10.1 Å². The van der Waals surface area contributed by atoms with Gasteiger partial charge in [0.15, 0.2) is 11.5 Å². The van der Waals surface area contributed by atoms with Crippen molar-refractivity contribution in [2.75, 3.05) is 26.8 Å². The van der Waals surface area contributed by atoms with Crippen LogP contribution < -0.4 is 9.47 Å². The van der Waals surface area contributed by atoms with Gasteiger partial charge in [-0.05, 0) is 30.8 Å². The number of hydrogen-bond donors (Lipinski definition) is 0. The molecule has 6 nitrogen and oxygen atoms in total. The Morgan fingerprint density at radius 1 is 1.16 bits per heavy atom. The van der Waals surface area contributed by atoms with Gasteiger partial charge in [0.1, 0.15) is 13.2 Å². The third-order valence-electron chi connectivity index (χ3n) is 3.91. The molecule has 0 spiro atoms. The van der Waals surface area contributed by atoms with E-state index in [4.69, 9.17) is 9.47 Å². The number of hydrogen-bond acceptors (Lipinski definition) is 5. The molecule has 3 rings (SSSR count). The molecule has 0 aliphatic carbocycles. The summed E-state index contributed by atoms with van der Waals surface area (Å²) < 4.78 is 11.1. The highest BCUT2D eigenvalue weighted by Crippen LogP contribution is 2.31. The lowest BCUT2D eigenvalue weighted by Crippen LogP contribution is -2.19. The van der Waals surface area contributed by atoms with Crippen LogP contribution in [0.1, 0.15) is 11.1 Å². The van der Waals surface area contributed by atoms with E-state index in [1.54, 1.807) is 24.3 Å². The number of nitro groups is 1. The molecule has 2 aromatic carbocycles. The highest BCUT2D eigenvalue weighted by molar-refractivity contribution is 5.60. The first-order valence-corrected chi connectivity index (χ1v) is 8.10. The van der Waals surface area contributed by atoms with Crippen molar-refractivity contribution >= 4 is 11.8 Å². The average Bonchev–Trinajstić information content (AvgIpc) is 2.62. The Balaban J connectivity index is 1.60. The van der Waals surface area contributed by atoms with Gasteiger partial charge >= 0.3 is 0 Å². The zero-order valence-corrected chi connectivity index (χ0v) is 14.1. The average molecular weight is 340 g/mol. The zero-order chi connectivity index (χ0) is 17.6. The quantitative estimate of drug-likeness (QED) is 0.595. The molecule has 130 valence electrons. The Morgan fingerprint density at radius 3 is 2.72 bits per heavy atom. The van der Waals surface area contributed by atoms with E-state index in [1.807, 2.05) is 31.3 Å². The second-order valence-corrected chi connectivity index (χ2v) is 5.89. The molecule has 1 heterocycles. The number of ether oxygens (including phenoxy) is 2. The maximum atomic E-state index is 11.0. The lowest BCUT2D eigenvalue weighted by atomic mass is 10.1. The highest BCUT2D eigenvalue weighted by Gasteiger charge is 2.12. The van der Waals surface area contributed by atoms with Crippen LogP contribution in [0.4, 0.5) is 5.69 Å². The number of rotatable bonds is 6. The lowest BCUT2D eigenvalue weighted by molar-refractivity contribution is -0.385. The smallest absolute Gasteiger partial charge is 0.276 e. The van der Waals surface area contributed by atoms with Crippen LogP contribution in [0, 0.1) is 10.1 Å². The molecule has 0 unspecified atom stereocenters. The van der Waals surface area contributed by atoms with Gasteiger partial charge in [-0.15, -0.1) is 0 Å². The normalized spacial score (nSPS) is 13.4. The zero-order valence-electron chi connectivity index (χ0n) is 14.1. The van der Waals surface area contributed by atoms with Gasteiger partial charge in [0.05, 0.1) is 10.5 Å². The molecule has 0 fully saturated rings. The van der Waals surface area contributed by atoms with Crippen LogP contribution in [0.2, 0.25) is 0 Å². The van der Waals surface area contributed by atoms with E-state index in [1.165, 1.54) is 6.07 Å². The molecule has 6 heteroatoms. The van der Waals surface area contributed by atoms with Crippen molar-refractivity contribution in [1.29, 1.82) is 0 Å². The molecule has 0 bridgehead atoms. The summed E-state index contributed by atoms with van der Waals surface area (Å²) in [5, 5.41) is 11.0. The van der Waals surface area contributed by atoms with Gasteiger partial charge in [-0.25, -0.2) is 0 Å². The second kappa shape index (κ2) is 7.81. The molecular weight excluding hydrogens is 320 g/mol. The van der Waals surface area contributed by atoms with Crippen molar-refractivity contribution in [2.45, 2.75) is 6.54 Å². The molecule has 0 saturated heterocycles. The van der Waals surface area contributed by atoms with Crippen molar-refractivity contribution < 1.29 is 14.4 Å². The third kappa shape index (κ3) is 4.36. The van der Waals surface area contributed by atoms with Crippen molar-refractivity contribution in [3.05, 3.63) is 69.8 Å². The Hall–Kier alpha value is -2.86. The number of fused-ring (bicyclic) bond motifs is 1. The summed E-state index contributed by atoms with van der Waals surface area (Å²) >= 11 is 0. The van der Waals surface area contributed by atoms with E-state index in [0.29, 0.717) is 25.3 Å². The Kier molecular flexibility index (Phi) is 5.30. The summed E-state index contributed by atoms with van der Waals surface area (Å²) in [6, 6.07) is 12.7. The molecule has 1 aliphatic rings. The molecule has 2 aromatic rings. The van der Waals surface area contributed by atoms with Gasteiger partial charge in [-0.1, -0.05) is 30.4 Å². The Bertz CT molecular complexity index is 789. The van der Waals surface area contributed by atoms with Gasteiger partial charge in [0, 0.05) is 19.2 Å². The molecule has 0 atom stereocenters. The van der Waals surface area contributed by atoms with Gasteiger partial charge in [0.2, 0.25) is 0 Å². The van der Waals surface area contributed by atoms with E-state index in [2.05, 4.69) is 4.90 Å². The molecule has 1 aliphatic heterocycles. The monoisotopic (exact) mass is 340 g/mol. The van der Waals surface area contributed by atoms with Crippen LogP contribution in [-0.2, 0) is 6.54 Å². The molecule has 0 N–H and O–H groups in total. The van der Waals surface area contributed by atoms with Gasteiger partial charge < -0.3 is 9.47 Å². The summed E-state index contributed by atoms with van der Waals surface area (Å²) in [4.78, 5) is 12.8. The maximum absolute atomic E-state index is 11.0. The number of nitro benzene ring substituents is 1. The number of benzene rings is 2. The SMILES string of the molecule is CN(CC=Cc1ccccc1[N+](=O)[O-])Cc1ccc2c(c1)OCCO2. The van der Waals surface area contributed by atoms with Gasteiger partial charge in [-0.3, -0.25) is 15.0 Å². The molecule has 0 saturated carbocycles. The van der Waals surface area contributed by atoms with Crippen LogP contribution in [0.3, 0.4) is 0 Å². The largest absolute Gasteiger partial charge is 0.486 e. The summed E-state index contributed by atoms with van der Waals surface area (Å²) in [5.74, 6) is 1.57. The Morgan fingerprint density at radius 2 is 1.92 bits per heavy atom. The molecule has 0 aromatic heterocycles. The molecule has 0 amide bonds. The summed E-state index contributed by atoms with van der Waals surface area (Å²) in [6.07, 6.45) is 3.72. The minimum Gasteiger partial charge on any atom is -0.486 e. The van der Waals surface area contributed by atoms with E-state index < -0.39 is 0 Å². The standard InChI is InChI=1S/C19H20N2O4/c1-20(10-4-6-16-5-2-3-7-17(16)21(22)23)14-15-8-9-18-19(13-15)25-12-11-24-18/h2-9,13H,10-12,14H2,1H3. The number of nitrogens with zero attached hydrogens (tertiary/aromatic N) is 2. The fraction of sp³-hybridized carbons (Fsp3) is 0.263. The summed E-state index contributed by atoms with van der Waals surface area (Å²) in [7, 11) is 2.00. The predicted octanol–water partition coefficient (Wildman–Crippen LogP) is 3.51. The highest BCUT2D eigenvalue weighted by atomic mass is 16.6. The van der Waals surface area contributed by atoms with E-state index in [-0.39, 0.29) is 10.6 Å². The minimum absolute atomic E-state index is 0.119. The van der Waals surface area contributed by atoms with Crippen molar-refractivity contribution in [2.24, 2.45) is 0 Å². The maximum Gasteiger partial charge on any atom is 0.276 e. The van der Waals surface area contributed by atoms with Crippen LogP contribution in [0.5, 0.6) is 11.5 Å². The van der Waals surface area contributed by atoms with Gasteiger partial charge in [-0.2, -0.15) is 0 Å². The van der Waals surface area contributed by atoms with E-state index >= 15 is 0 Å². The van der Waals surface area contributed by atoms with Crippen LogP contribution in [-0.4, -0.2) is 36.6 Å².